The van der Waals surface area contributed by atoms with Crippen LogP contribution in [0.25, 0.3) is 0 Å². The van der Waals surface area contributed by atoms with Gasteiger partial charge in [-0.05, 0) is 32.0 Å². The number of hydrogen-bond acceptors (Lipinski definition) is 4. The Bertz CT molecular complexity index is 562. The molecule has 1 aromatic carbocycles. The van der Waals surface area contributed by atoms with E-state index in [1.165, 1.54) is 7.11 Å². The first-order valence-electron chi connectivity index (χ1n) is 6.50. The number of rotatable bonds is 6. The molecule has 21 heavy (non-hydrogen) atoms. The highest BCUT2D eigenvalue weighted by Gasteiger charge is 2.35. The predicted molar refractivity (Wildman–Crippen MR) is 78.5 cm³/mol. The Morgan fingerprint density at radius 2 is 2.05 bits per heavy atom. The summed E-state index contributed by atoms with van der Waals surface area (Å²) in [4.78, 5) is 24.2. The van der Waals surface area contributed by atoms with Gasteiger partial charge in [0.1, 0.15) is 5.41 Å². The Kier molecular flexibility index (Phi) is 5.88. The van der Waals surface area contributed by atoms with Crippen molar-refractivity contribution in [3.8, 4) is 6.07 Å². The van der Waals surface area contributed by atoms with E-state index in [0.717, 1.165) is 0 Å². The van der Waals surface area contributed by atoms with Gasteiger partial charge < -0.3 is 15.4 Å². The van der Waals surface area contributed by atoms with Gasteiger partial charge in [0, 0.05) is 19.3 Å². The molecular weight excluding hydrogens is 270 g/mol. The number of amides is 2. The highest BCUT2D eigenvalue weighted by Crippen LogP contribution is 2.19. The molecular formula is C15H19N3O3. The average molecular weight is 289 g/mol. The second-order valence-electron chi connectivity index (χ2n) is 5.02. The summed E-state index contributed by atoms with van der Waals surface area (Å²) < 4.78 is 4.84. The fourth-order valence-corrected chi connectivity index (χ4v) is 1.54. The van der Waals surface area contributed by atoms with Crippen molar-refractivity contribution in [2.24, 2.45) is 5.41 Å². The molecule has 2 amide bonds. The Morgan fingerprint density at radius 3 is 2.67 bits per heavy atom. The van der Waals surface area contributed by atoms with Crippen LogP contribution in [-0.4, -0.2) is 32.1 Å². The predicted octanol–water partition coefficient (Wildman–Crippen LogP) is 1.29. The minimum Gasteiger partial charge on any atom is -0.383 e. The van der Waals surface area contributed by atoms with E-state index in [2.05, 4.69) is 10.6 Å². The Balaban J connectivity index is 2.72. The highest BCUT2D eigenvalue weighted by atomic mass is 16.5. The lowest BCUT2D eigenvalue weighted by atomic mass is 9.91. The maximum absolute atomic E-state index is 12.2. The smallest absolute Gasteiger partial charge is 0.239 e. The molecule has 0 unspecified atom stereocenters. The molecule has 1 rings (SSSR count). The lowest BCUT2D eigenvalue weighted by molar-refractivity contribution is -0.138. The third kappa shape index (κ3) is 4.58. The zero-order valence-corrected chi connectivity index (χ0v) is 12.4. The zero-order chi connectivity index (χ0) is 15.9. The fourth-order valence-electron chi connectivity index (χ4n) is 1.54. The number of methoxy groups -OCH3 is 1. The molecule has 6 heteroatoms. The molecule has 0 saturated heterocycles. The van der Waals surface area contributed by atoms with Crippen LogP contribution in [0.3, 0.4) is 0 Å². The van der Waals surface area contributed by atoms with Crippen LogP contribution >= 0.6 is 0 Å². The van der Waals surface area contributed by atoms with Gasteiger partial charge in [-0.25, -0.2) is 0 Å². The fraction of sp³-hybridized carbons (Fsp3) is 0.400. The van der Waals surface area contributed by atoms with E-state index in [0.29, 0.717) is 24.4 Å². The van der Waals surface area contributed by atoms with Crippen LogP contribution in [0.15, 0.2) is 24.3 Å². The summed E-state index contributed by atoms with van der Waals surface area (Å²) in [5, 5.41) is 14.1. The van der Waals surface area contributed by atoms with Gasteiger partial charge in [0.15, 0.2) is 0 Å². The summed E-state index contributed by atoms with van der Waals surface area (Å²) >= 11 is 0. The Morgan fingerprint density at radius 1 is 1.33 bits per heavy atom. The highest BCUT2D eigenvalue weighted by molar-refractivity contribution is 6.09. The standard InChI is InChI=1S/C15H19N3O3/c1-15(2,13(19)17-7-8-21-3)14(20)18-12-6-4-5-11(9-12)10-16/h4-6,9H,7-8H2,1-3H3,(H,17,19)(H,18,20). The van der Waals surface area contributed by atoms with Crippen LogP contribution in [0.5, 0.6) is 0 Å². The van der Waals surface area contributed by atoms with Crippen molar-refractivity contribution in [1.29, 1.82) is 5.26 Å². The molecule has 112 valence electrons. The molecule has 0 aromatic heterocycles. The zero-order valence-electron chi connectivity index (χ0n) is 12.4. The summed E-state index contributed by atoms with van der Waals surface area (Å²) in [6.07, 6.45) is 0. The van der Waals surface area contributed by atoms with Gasteiger partial charge in [-0.2, -0.15) is 5.26 Å². The average Bonchev–Trinajstić information content (AvgIpc) is 2.47. The number of benzene rings is 1. The van der Waals surface area contributed by atoms with Crippen molar-refractivity contribution >= 4 is 17.5 Å². The van der Waals surface area contributed by atoms with Crippen molar-refractivity contribution in [3.63, 3.8) is 0 Å². The molecule has 0 radical (unpaired) electrons. The molecule has 0 aliphatic rings. The van der Waals surface area contributed by atoms with Crippen LogP contribution in [0.2, 0.25) is 0 Å². The molecule has 0 fully saturated rings. The molecule has 0 saturated carbocycles. The molecule has 0 aliphatic carbocycles. The molecule has 1 aromatic rings. The van der Waals surface area contributed by atoms with E-state index < -0.39 is 11.3 Å². The number of carbonyl (C=O) groups excluding carboxylic acids is 2. The molecule has 0 aliphatic heterocycles. The molecule has 0 bridgehead atoms. The number of nitrogens with zero attached hydrogens (tertiary/aromatic N) is 1. The van der Waals surface area contributed by atoms with Crippen molar-refractivity contribution in [2.45, 2.75) is 13.8 Å². The summed E-state index contributed by atoms with van der Waals surface area (Å²) in [6, 6.07) is 8.51. The normalized spacial score (nSPS) is 10.6. The summed E-state index contributed by atoms with van der Waals surface area (Å²) in [6.45, 7) is 3.81. The molecule has 0 atom stereocenters. The van der Waals surface area contributed by atoms with E-state index in [9.17, 15) is 9.59 Å². The molecule has 0 heterocycles. The van der Waals surface area contributed by atoms with E-state index >= 15 is 0 Å². The third-order valence-corrected chi connectivity index (χ3v) is 2.98. The first-order valence-corrected chi connectivity index (χ1v) is 6.50. The van der Waals surface area contributed by atoms with Crippen molar-refractivity contribution in [1.82, 2.24) is 5.32 Å². The monoisotopic (exact) mass is 289 g/mol. The maximum Gasteiger partial charge on any atom is 0.239 e. The van der Waals surface area contributed by atoms with E-state index in [-0.39, 0.29) is 5.91 Å². The largest absolute Gasteiger partial charge is 0.383 e. The van der Waals surface area contributed by atoms with E-state index in [1.54, 1.807) is 38.1 Å². The second-order valence-corrected chi connectivity index (χ2v) is 5.02. The third-order valence-electron chi connectivity index (χ3n) is 2.98. The van der Waals surface area contributed by atoms with Gasteiger partial charge in [0.25, 0.3) is 0 Å². The molecule has 6 nitrogen and oxygen atoms in total. The van der Waals surface area contributed by atoms with Crippen LogP contribution < -0.4 is 10.6 Å². The SMILES string of the molecule is COCCNC(=O)C(C)(C)C(=O)Nc1cccc(C#N)c1. The summed E-state index contributed by atoms with van der Waals surface area (Å²) in [5.41, 5.74) is -0.303. The van der Waals surface area contributed by atoms with Crippen LogP contribution in [0.1, 0.15) is 19.4 Å². The van der Waals surface area contributed by atoms with Crippen molar-refractivity contribution in [3.05, 3.63) is 29.8 Å². The van der Waals surface area contributed by atoms with Crippen LogP contribution in [0, 0.1) is 16.7 Å². The number of anilines is 1. The van der Waals surface area contributed by atoms with E-state index in [1.807, 2.05) is 6.07 Å². The topological polar surface area (TPSA) is 91.2 Å². The first-order chi connectivity index (χ1) is 9.91. The van der Waals surface area contributed by atoms with E-state index in [4.69, 9.17) is 10.00 Å². The van der Waals surface area contributed by atoms with Crippen molar-refractivity contribution < 1.29 is 14.3 Å². The summed E-state index contributed by atoms with van der Waals surface area (Å²) in [7, 11) is 1.53. The van der Waals surface area contributed by atoms with Gasteiger partial charge in [0.05, 0.1) is 18.2 Å². The Labute approximate surface area is 124 Å². The minimum absolute atomic E-state index is 0.343. The molecule has 0 spiro atoms. The van der Waals surface area contributed by atoms with Gasteiger partial charge in [-0.3, -0.25) is 9.59 Å². The number of hydrogen-bond donors (Lipinski definition) is 2. The van der Waals surface area contributed by atoms with Crippen LogP contribution in [0.4, 0.5) is 5.69 Å². The maximum atomic E-state index is 12.2. The molecule has 2 N–H and O–H groups in total. The van der Waals surface area contributed by atoms with Gasteiger partial charge in [-0.1, -0.05) is 6.07 Å². The minimum atomic E-state index is -1.23. The number of ether oxygens (including phenoxy) is 1. The number of nitrogens with one attached hydrogen (secondary N) is 2. The van der Waals surface area contributed by atoms with Crippen LogP contribution in [-0.2, 0) is 14.3 Å². The van der Waals surface area contributed by atoms with Crippen molar-refractivity contribution in [2.75, 3.05) is 25.6 Å². The lowest BCUT2D eigenvalue weighted by Gasteiger charge is -2.22. The second kappa shape index (κ2) is 7.41. The number of carbonyl (C=O) groups is 2. The lowest BCUT2D eigenvalue weighted by Crippen LogP contribution is -2.45. The van der Waals surface area contributed by atoms with Gasteiger partial charge in [-0.15, -0.1) is 0 Å². The van der Waals surface area contributed by atoms with Gasteiger partial charge in [0.2, 0.25) is 11.8 Å². The Hall–Kier alpha value is -2.39. The van der Waals surface area contributed by atoms with Gasteiger partial charge >= 0.3 is 0 Å². The number of nitriles is 1. The summed E-state index contributed by atoms with van der Waals surface area (Å²) in [5.74, 6) is -0.819. The quantitative estimate of drug-likeness (QED) is 0.609. The first kappa shape index (κ1) is 16.7.